The van der Waals surface area contributed by atoms with E-state index in [9.17, 15) is 13.2 Å². The summed E-state index contributed by atoms with van der Waals surface area (Å²) in [6, 6.07) is 2.75. The van der Waals surface area contributed by atoms with Crippen LogP contribution in [0.4, 0.5) is 0 Å². The monoisotopic (exact) mass is 258 g/mol. The van der Waals surface area contributed by atoms with E-state index in [2.05, 4.69) is 9.71 Å². The lowest BCUT2D eigenvalue weighted by atomic mass is 10.2. The minimum Gasteiger partial charge on any atom is -0.377 e. The van der Waals surface area contributed by atoms with Gasteiger partial charge < -0.3 is 9.72 Å². The van der Waals surface area contributed by atoms with E-state index < -0.39 is 15.6 Å². The zero-order chi connectivity index (χ0) is 12.3. The first-order valence-electron chi connectivity index (χ1n) is 5.38. The molecule has 1 atom stereocenters. The predicted molar refractivity (Wildman–Crippen MR) is 61.2 cm³/mol. The van der Waals surface area contributed by atoms with Gasteiger partial charge >= 0.3 is 0 Å². The van der Waals surface area contributed by atoms with Gasteiger partial charge in [-0.05, 0) is 25.0 Å². The topological polar surface area (TPSA) is 88.3 Å². The summed E-state index contributed by atoms with van der Waals surface area (Å²) in [4.78, 5) is 13.4. The second kappa shape index (κ2) is 4.99. The van der Waals surface area contributed by atoms with Crippen LogP contribution in [0.3, 0.4) is 0 Å². The summed E-state index contributed by atoms with van der Waals surface area (Å²) in [5, 5.41) is 0. The van der Waals surface area contributed by atoms with E-state index in [4.69, 9.17) is 4.74 Å². The molecule has 1 fully saturated rings. The van der Waals surface area contributed by atoms with Crippen LogP contribution in [0.5, 0.6) is 0 Å². The molecular weight excluding hydrogens is 244 g/mol. The average molecular weight is 258 g/mol. The molecule has 0 spiro atoms. The minimum absolute atomic E-state index is 0.0902. The Kier molecular flexibility index (Phi) is 3.60. The first-order chi connectivity index (χ1) is 8.09. The summed E-state index contributed by atoms with van der Waals surface area (Å²) in [7, 11) is -3.75. The molecule has 0 saturated carbocycles. The second-order valence-electron chi connectivity index (χ2n) is 3.85. The van der Waals surface area contributed by atoms with E-state index in [0.717, 1.165) is 12.8 Å². The van der Waals surface area contributed by atoms with E-state index in [0.29, 0.717) is 6.61 Å². The van der Waals surface area contributed by atoms with Gasteiger partial charge in [0.25, 0.3) is 5.56 Å². The fourth-order valence-corrected chi connectivity index (χ4v) is 2.82. The van der Waals surface area contributed by atoms with Crippen LogP contribution in [-0.2, 0) is 14.8 Å². The van der Waals surface area contributed by atoms with Crippen LogP contribution in [0.25, 0.3) is 0 Å². The van der Waals surface area contributed by atoms with Crippen LogP contribution in [0.15, 0.2) is 28.0 Å². The van der Waals surface area contributed by atoms with E-state index >= 15 is 0 Å². The predicted octanol–water partition coefficient (Wildman–Crippen LogP) is -0.168. The summed E-state index contributed by atoms with van der Waals surface area (Å²) in [6.07, 6.45) is 3.08. The summed E-state index contributed by atoms with van der Waals surface area (Å²) in [5.41, 5.74) is -0.618. The molecule has 0 bridgehead atoms. The van der Waals surface area contributed by atoms with Gasteiger partial charge in [0, 0.05) is 19.3 Å². The highest BCUT2D eigenvalue weighted by molar-refractivity contribution is 7.89. The standard InChI is InChI=1S/C10H14N2O4S/c13-10-9(4-1-5-11-10)17(14,15)12-7-8-3-2-6-16-8/h1,4-5,8,12H,2-3,6-7H2,(H,11,13). The number of aromatic amines is 1. The highest BCUT2D eigenvalue weighted by Crippen LogP contribution is 2.11. The molecule has 1 aromatic heterocycles. The normalized spacial score (nSPS) is 20.6. The molecule has 6 nitrogen and oxygen atoms in total. The van der Waals surface area contributed by atoms with Crippen LogP contribution in [0, 0.1) is 0 Å². The molecule has 0 aromatic carbocycles. The van der Waals surface area contributed by atoms with Crippen LogP contribution < -0.4 is 10.3 Å². The fourth-order valence-electron chi connectivity index (χ4n) is 1.70. The molecule has 2 rings (SSSR count). The van der Waals surface area contributed by atoms with Gasteiger partial charge in [0.15, 0.2) is 0 Å². The largest absolute Gasteiger partial charge is 0.377 e. The highest BCUT2D eigenvalue weighted by Gasteiger charge is 2.21. The number of rotatable bonds is 4. The third-order valence-electron chi connectivity index (χ3n) is 2.60. The van der Waals surface area contributed by atoms with Crippen LogP contribution in [0.2, 0.25) is 0 Å². The summed E-state index contributed by atoms with van der Waals surface area (Å²) in [5.74, 6) is 0. The number of hydrogen-bond acceptors (Lipinski definition) is 4. The molecule has 1 aliphatic rings. The zero-order valence-electron chi connectivity index (χ0n) is 9.18. The molecule has 2 N–H and O–H groups in total. The van der Waals surface area contributed by atoms with Gasteiger partial charge in [0.1, 0.15) is 4.90 Å². The number of H-pyrrole nitrogens is 1. The van der Waals surface area contributed by atoms with Gasteiger partial charge in [0.2, 0.25) is 10.0 Å². The molecule has 1 unspecified atom stereocenters. The first-order valence-corrected chi connectivity index (χ1v) is 6.87. The number of pyridine rings is 1. The third kappa shape index (κ3) is 2.93. The lowest BCUT2D eigenvalue weighted by Crippen LogP contribution is -2.34. The Morgan fingerprint density at radius 1 is 1.53 bits per heavy atom. The molecule has 0 radical (unpaired) electrons. The van der Waals surface area contributed by atoms with Crippen molar-refractivity contribution >= 4 is 10.0 Å². The fraction of sp³-hybridized carbons (Fsp3) is 0.500. The first kappa shape index (κ1) is 12.3. The molecule has 1 saturated heterocycles. The average Bonchev–Trinajstić information content (AvgIpc) is 2.80. The number of hydrogen-bond donors (Lipinski definition) is 2. The number of ether oxygens (including phenoxy) is 1. The van der Waals surface area contributed by atoms with E-state index in [1.54, 1.807) is 0 Å². The number of sulfonamides is 1. The molecule has 2 heterocycles. The molecule has 1 aromatic rings. The van der Waals surface area contributed by atoms with Crippen molar-refractivity contribution in [1.82, 2.24) is 9.71 Å². The Hall–Kier alpha value is -1.18. The number of nitrogens with one attached hydrogen (secondary N) is 2. The Morgan fingerprint density at radius 3 is 3.00 bits per heavy atom. The van der Waals surface area contributed by atoms with Crippen molar-refractivity contribution in [2.45, 2.75) is 23.8 Å². The zero-order valence-corrected chi connectivity index (χ0v) is 10.00. The van der Waals surface area contributed by atoms with Gasteiger partial charge in [-0.15, -0.1) is 0 Å². The molecule has 0 aliphatic carbocycles. The Labute approximate surface area is 99.1 Å². The quantitative estimate of drug-likeness (QED) is 0.785. The minimum atomic E-state index is -3.75. The van der Waals surface area contributed by atoms with Crippen molar-refractivity contribution in [3.8, 4) is 0 Å². The van der Waals surface area contributed by atoms with Crippen molar-refractivity contribution in [2.75, 3.05) is 13.2 Å². The summed E-state index contributed by atoms with van der Waals surface area (Å²) >= 11 is 0. The lowest BCUT2D eigenvalue weighted by molar-refractivity contribution is 0.114. The van der Waals surface area contributed by atoms with Gasteiger partial charge in [-0.25, -0.2) is 13.1 Å². The van der Waals surface area contributed by atoms with Crippen LogP contribution in [0.1, 0.15) is 12.8 Å². The van der Waals surface area contributed by atoms with E-state index in [1.807, 2.05) is 0 Å². The van der Waals surface area contributed by atoms with E-state index in [1.165, 1.54) is 18.3 Å². The van der Waals surface area contributed by atoms with Gasteiger partial charge in [-0.3, -0.25) is 4.79 Å². The highest BCUT2D eigenvalue weighted by atomic mass is 32.2. The summed E-state index contributed by atoms with van der Waals surface area (Å²) < 4.78 is 31.3. The van der Waals surface area contributed by atoms with Crippen molar-refractivity contribution < 1.29 is 13.2 Å². The SMILES string of the molecule is O=c1[nH]cccc1S(=O)(=O)NCC1CCCO1. The smallest absolute Gasteiger partial charge is 0.268 e. The molecule has 7 heteroatoms. The van der Waals surface area contributed by atoms with E-state index in [-0.39, 0.29) is 17.5 Å². The van der Waals surface area contributed by atoms with Gasteiger partial charge in [-0.2, -0.15) is 0 Å². The molecular formula is C10H14N2O4S. The Balaban J connectivity index is 2.08. The molecule has 0 amide bonds. The lowest BCUT2D eigenvalue weighted by Gasteiger charge is -2.10. The van der Waals surface area contributed by atoms with Gasteiger partial charge in [0.05, 0.1) is 6.10 Å². The maximum atomic E-state index is 11.8. The number of aromatic nitrogens is 1. The van der Waals surface area contributed by atoms with Crippen molar-refractivity contribution in [3.63, 3.8) is 0 Å². The molecule has 1 aliphatic heterocycles. The Bertz CT molecular complexity index is 531. The van der Waals surface area contributed by atoms with Crippen LogP contribution >= 0.6 is 0 Å². The summed E-state index contributed by atoms with van der Waals surface area (Å²) in [6.45, 7) is 0.870. The van der Waals surface area contributed by atoms with Crippen molar-refractivity contribution in [1.29, 1.82) is 0 Å². The third-order valence-corrected chi connectivity index (χ3v) is 4.04. The Morgan fingerprint density at radius 2 is 2.35 bits per heavy atom. The maximum Gasteiger partial charge on any atom is 0.268 e. The molecule has 94 valence electrons. The van der Waals surface area contributed by atoms with Gasteiger partial charge in [-0.1, -0.05) is 0 Å². The molecule has 17 heavy (non-hydrogen) atoms. The van der Waals surface area contributed by atoms with Crippen LogP contribution in [-0.4, -0.2) is 32.7 Å². The second-order valence-corrected chi connectivity index (χ2v) is 5.59. The van der Waals surface area contributed by atoms with Crippen molar-refractivity contribution in [2.24, 2.45) is 0 Å². The van der Waals surface area contributed by atoms with Crippen molar-refractivity contribution in [3.05, 3.63) is 28.7 Å². The maximum absolute atomic E-state index is 11.8.